The zero-order valence-electron chi connectivity index (χ0n) is 29.4. The van der Waals surface area contributed by atoms with Gasteiger partial charge in [-0.3, -0.25) is 10.1 Å². The summed E-state index contributed by atoms with van der Waals surface area (Å²) < 4.78 is 37.7. The molecule has 0 radical (unpaired) electrons. The second-order valence-electron chi connectivity index (χ2n) is 13.2. The first kappa shape index (κ1) is 37.3. The molecule has 276 valence electrons. The number of aromatic amines is 1. The summed E-state index contributed by atoms with van der Waals surface area (Å²) in [5.41, 5.74) is 4.21. The number of benzene rings is 4. The van der Waals surface area contributed by atoms with E-state index < -0.39 is 33.9 Å². The molecule has 4 aromatic carbocycles. The summed E-state index contributed by atoms with van der Waals surface area (Å²) in [5.74, 6) is -1.51. The van der Waals surface area contributed by atoms with Gasteiger partial charge in [0.05, 0.1) is 23.4 Å². The third-order valence-corrected chi connectivity index (χ3v) is 11.6. The van der Waals surface area contributed by atoms with Crippen molar-refractivity contribution in [1.82, 2.24) is 10.3 Å². The maximum Gasteiger partial charge on any atom is 0.411 e. The van der Waals surface area contributed by atoms with Gasteiger partial charge < -0.3 is 30.2 Å². The standard InChI is InChI=1S/C40H42N4O8S/c1-25-18-28(37(39(46)47)43-32-10-8-27-16-17-42-38(45)35(27)20-32)9-14-34(25)30(23-51-22-26-6-4-3-5-7-26)24-52-40(48)44-31-11-15-36(29(19-31)21-41-2)53(49,50)33-12-13-33/h3-11,14-20,30,33,37,41,43H,12-13,21-24H2,1-2H3,(H,42,45)(H,44,48)(H,46,47)/t30-,37?/m0/s1. The number of rotatable bonds is 16. The molecule has 0 bridgehead atoms. The van der Waals surface area contributed by atoms with Gasteiger partial charge in [0.1, 0.15) is 6.61 Å². The van der Waals surface area contributed by atoms with E-state index >= 15 is 0 Å². The summed E-state index contributed by atoms with van der Waals surface area (Å²) in [5, 5.41) is 19.8. The highest BCUT2D eigenvalue weighted by atomic mass is 32.2. The molecule has 1 aliphatic rings. The lowest BCUT2D eigenvalue weighted by molar-refractivity contribution is -0.138. The number of carbonyl (C=O) groups excluding carboxylic acids is 1. The molecule has 53 heavy (non-hydrogen) atoms. The first-order chi connectivity index (χ1) is 25.5. The summed E-state index contributed by atoms with van der Waals surface area (Å²) in [7, 11) is -1.71. The summed E-state index contributed by atoms with van der Waals surface area (Å²) in [6.07, 6.45) is 2.14. The number of nitrogens with one attached hydrogen (secondary N) is 4. The number of aryl methyl sites for hydroxylation is 1. The number of aromatic nitrogens is 1. The van der Waals surface area contributed by atoms with Gasteiger partial charge in [-0.25, -0.2) is 18.0 Å². The Morgan fingerprint density at radius 2 is 1.72 bits per heavy atom. The second kappa shape index (κ2) is 16.4. The Morgan fingerprint density at radius 1 is 0.943 bits per heavy atom. The van der Waals surface area contributed by atoms with Crippen LogP contribution in [0.4, 0.5) is 16.2 Å². The molecule has 1 amide bonds. The van der Waals surface area contributed by atoms with Crippen LogP contribution < -0.4 is 21.5 Å². The van der Waals surface area contributed by atoms with E-state index in [4.69, 9.17) is 9.47 Å². The van der Waals surface area contributed by atoms with Gasteiger partial charge in [0, 0.05) is 35.4 Å². The molecular formula is C40H42N4O8S. The Kier molecular flexibility index (Phi) is 11.6. The molecule has 5 N–H and O–H groups in total. The van der Waals surface area contributed by atoms with Crippen LogP contribution in [0.25, 0.3) is 10.8 Å². The van der Waals surface area contributed by atoms with Gasteiger partial charge in [-0.2, -0.15) is 0 Å². The molecule has 0 saturated heterocycles. The Balaban J connectivity index is 1.19. The summed E-state index contributed by atoms with van der Waals surface area (Å²) in [6.45, 7) is 2.66. The number of amides is 1. The summed E-state index contributed by atoms with van der Waals surface area (Å²) >= 11 is 0. The number of carboxylic acids is 1. The SMILES string of the molecule is CNCc1cc(NC(=O)OC[C@H](COCc2ccccc2)c2ccc(C(Nc3ccc4cc[nH]c(=O)c4c3)C(=O)O)cc2C)ccc1S(=O)(=O)C1CC1. The van der Waals surface area contributed by atoms with E-state index in [9.17, 15) is 27.9 Å². The van der Waals surface area contributed by atoms with Gasteiger partial charge in [0.2, 0.25) is 0 Å². The fourth-order valence-corrected chi connectivity index (χ4v) is 8.21. The summed E-state index contributed by atoms with van der Waals surface area (Å²) in [4.78, 5) is 40.8. The number of pyridine rings is 1. The van der Waals surface area contributed by atoms with Crippen molar-refractivity contribution in [3.05, 3.63) is 135 Å². The number of carbonyl (C=O) groups is 2. The maximum absolute atomic E-state index is 13.1. The van der Waals surface area contributed by atoms with Crippen LogP contribution in [-0.4, -0.2) is 56.1 Å². The number of fused-ring (bicyclic) bond motifs is 1. The highest BCUT2D eigenvalue weighted by Gasteiger charge is 2.38. The molecule has 1 unspecified atom stereocenters. The largest absolute Gasteiger partial charge is 0.479 e. The molecule has 1 saturated carbocycles. The summed E-state index contributed by atoms with van der Waals surface area (Å²) in [6, 6.07) is 25.5. The van der Waals surface area contributed by atoms with Crippen molar-refractivity contribution < 1.29 is 32.6 Å². The van der Waals surface area contributed by atoms with Crippen molar-refractivity contribution in [2.75, 3.05) is 30.9 Å². The maximum atomic E-state index is 13.1. The van der Waals surface area contributed by atoms with E-state index in [-0.39, 0.29) is 28.9 Å². The molecule has 1 aromatic heterocycles. The number of hydrogen-bond donors (Lipinski definition) is 5. The Morgan fingerprint density at radius 3 is 2.43 bits per heavy atom. The van der Waals surface area contributed by atoms with Crippen molar-refractivity contribution in [2.45, 2.75) is 55.0 Å². The van der Waals surface area contributed by atoms with Crippen LogP contribution in [0.2, 0.25) is 0 Å². The van der Waals surface area contributed by atoms with Gasteiger partial charge in [0.15, 0.2) is 15.9 Å². The Labute approximate surface area is 307 Å². The van der Waals surface area contributed by atoms with E-state index in [1.165, 1.54) is 6.07 Å². The normalized spacial score (nSPS) is 14.0. The average Bonchev–Trinajstić information content (AvgIpc) is 4.00. The lowest BCUT2D eigenvalue weighted by atomic mass is 9.92. The van der Waals surface area contributed by atoms with E-state index in [1.54, 1.807) is 61.8 Å². The fourth-order valence-electron chi connectivity index (χ4n) is 6.34. The topological polar surface area (TPSA) is 176 Å². The van der Waals surface area contributed by atoms with Gasteiger partial charge in [0.25, 0.3) is 5.56 Å². The molecule has 0 aliphatic heterocycles. The van der Waals surface area contributed by atoms with E-state index in [1.807, 2.05) is 43.3 Å². The van der Waals surface area contributed by atoms with E-state index in [0.717, 1.165) is 22.1 Å². The molecule has 5 aromatic rings. The van der Waals surface area contributed by atoms with Crippen LogP contribution in [0, 0.1) is 6.92 Å². The van der Waals surface area contributed by atoms with Crippen LogP contribution in [0.1, 0.15) is 52.6 Å². The predicted molar refractivity (Wildman–Crippen MR) is 203 cm³/mol. The molecular weight excluding hydrogens is 697 g/mol. The van der Waals surface area contributed by atoms with E-state index in [2.05, 4.69) is 20.9 Å². The molecule has 13 heteroatoms. The molecule has 12 nitrogen and oxygen atoms in total. The van der Waals surface area contributed by atoms with Crippen LogP contribution in [0.3, 0.4) is 0 Å². The first-order valence-corrected chi connectivity index (χ1v) is 18.9. The zero-order chi connectivity index (χ0) is 37.5. The van der Waals surface area contributed by atoms with Crippen molar-refractivity contribution >= 4 is 44.0 Å². The van der Waals surface area contributed by atoms with Crippen LogP contribution in [0.5, 0.6) is 0 Å². The number of H-pyrrole nitrogens is 1. The lowest BCUT2D eigenvalue weighted by Gasteiger charge is -2.22. The molecule has 1 aliphatic carbocycles. The minimum atomic E-state index is -3.44. The Hall–Kier alpha value is -5.50. The van der Waals surface area contributed by atoms with Crippen LogP contribution in [-0.2, 0) is 37.3 Å². The fraction of sp³-hybridized carbons (Fsp3) is 0.275. The Bertz CT molecular complexity index is 2270. The first-order valence-electron chi connectivity index (χ1n) is 17.3. The number of anilines is 2. The monoisotopic (exact) mass is 738 g/mol. The number of aliphatic carboxylic acids is 1. The van der Waals surface area contributed by atoms with Crippen molar-refractivity contribution in [2.24, 2.45) is 0 Å². The molecule has 2 atom stereocenters. The van der Waals surface area contributed by atoms with Crippen molar-refractivity contribution in [3.63, 3.8) is 0 Å². The van der Waals surface area contributed by atoms with Gasteiger partial charge in [-0.1, -0.05) is 54.6 Å². The van der Waals surface area contributed by atoms with Gasteiger partial charge in [-0.05, 0) is 96.4 Å². The molecule has 6 rings (SSSR count). The van der Waals surface area contributed by atoms with Crippen molar-refractivity contribution in [1.29, 1.82) is 0 Å². The van der Waals surface area contributed by atoms with Gasteiger partial charge >= 0.3 is 12.1 Å². The minimum absolute atomic E-state index is 0.0510. The number of ether oxygens (including phenoxy) is 2. The quantitative estimate of drug-likeness (QED) is 0.0775. The average molecular weight is 739 g/mol. The smallest absolute Gasteiger partial charge is 0.411 e. The van der Waals surface area contributed by atoms with Crippen LogP contribution >= 0.6 is 0 Å². The lowest BCUT2D eigenvalue weighted by Crippen LogP contribution is -2.23. The highest BCUT2D eigenvalue weighted by molar-refractivity contribution is 7.92. The minimum Gasteiger partial charge on any atom is -0.479 e. The zero-order valence-corrected chi connectivity index (χ0v) is 30.2. The second-order valence-corrected chi connectivity index (χ2v) is 15.4. The number of hydrogen-bond acceptors (Lipinski definition) is 9. The molecule has 0 spiro atoms. The highest BCUT2D eigenvalue weighted by Crippen LogP contribution is 2.36. The van der Waals surface area contributed by atoms with Crippen molar-refractivity contribution in [3.8, 4) is 0 Å². The third-order valence-electron chi connectivity index (χ3n) is 9.19. The molecule has 1 fully saturated rings. The van der Waals surface area contributed by atoms with E-state index in [0.29, 0.717) is 53.9 Å². The number of carboxylic acid groups (broad SMARTS) is 1. The predicted octanol–water partition coefficient (Wildman–Crippen LogP) is 6.28. The molecule has 1 heterocycles. The number of sulfone groups is 1. The van der Waals surface area contributed by atoms with Crippen LogP contribution in [0.15, 0.2) is 107 Å². The van der Waals surface area contributed by atoms with Gasteiger partial charge in [-0.15, -0.1) is 0 Å². The third kappa shape index (κ3) is 9.12.